The average Bonchev–Trinajstić information content (AvgIpc) is 2.86. The molecule has 0 saturated carbocycles. The monoisotopic (exact) mass is 287 g/mol. The van der Waals surface area contributed by atoms with Crippen molar-refractivity contribution >= 4 is 5.97 Å². The van der Waals surface area contributed by atoms with Crippen molar-refractivity contribution in [2.45, 2.75) is 40.2 Å². The Morgan fingerprint density at radius 1 is 1.33 bits per heavy atom. The highest BCUT2D eigenvalue weighted by Gasteiger charge is 2.22. The third-order valence-electron chi connectivity index (χ3n) is 3.52. The summed E-state index contributed by atoms with van der Waals surface area (Å²) >= 11 is 0. The maximum Gasteiger partial charge on any atom is 0.360 e. The summed E-state index contributed by atoms with van der Waals surface area (Å²) in [5.74, 6) is -0.301. The number of hydrogen-bond donors (Lipinski definition) is 0. The van der Waals surface area contributed by atoms with E-state index in [0.29, 0.717) is 12.2 Å². The Kier molecular flexibility index (Phi) is 4.40. The minimum absolute atomic E-state index is 0.138. The maximum atomic E-state index is 11.8. The lowest BCUT2D eigenvalue weighted by Gasteiger charge is -2.12. The third-order valence-corrected chi connectivity index (χ3v) is 3.52. The van der Waals surface area contributed by atoms with E-state index < -0.39 is 5.97 Å². The summed E-state index contributed by atoms with van der Waals surface area (Å²) in [5.41, 5.74) is 4.69. The zero-order chi connectivity index (χ0) is 15.6. The normalized spacial score (nSPS) is 11.0. The molecule has 0 atom stereocenters. The molecular weight excluding hydrogens is 266 g/mol. The van der Waals surface area contributed by atoms with Crippen LogP contribution >= 0.6 is 0 Å². The van der Waals surface area contributed by atoms with Gasteiger partial charge in [0, 0.05) is 0 Å². The van der Waals surface area contributed by atoms with Crippen LogP contribution in [0.15, 0.2) is 18.2 Å². The molecule has 2 rings (SSSR count). The summed E-state index contributed by atoms with van der Waals surface area (Å²) in [4.78, 5) is 11.8. The average molecular weight is 287 g/mol. The lowest BCUT2D eigenvalue weighted by molar-refractivity contribution is 0.0592. The molecule has 21 heavy (non-hydrogen) atoms. The molecule has 0 aliphatic rings. The second-order valence-electron chi connectivity index (χ2n) is 5.56. The molecule has 112 valence electrons. The first-order valence-corrected chi connectivity index (χ1v) is 7.01. The maximum absolute atomic E-state index is 11.8. The van der Waals surface area contributed by atoms with Gasteiger partial charge in [-0.05, 0) is 30.9 Å². The Morgan fingerprint density at radius 3 is 2.67 bits per heavy atom. The van der Waals surface area contributed by atoms with Gasteiger partial charge in [-0.3, -0.25) is 0 Å². The highest BCUT2D eigenvalue weighted by atomic mass is 16.5. The first-order valence-electron chi connectivity index (χ1n) is 7.01. The first kappa shape index (κ1) is 15.2. The van der Waals surface area contributed by atoms with Crippen LogP contribution < -0.4 is 0 Å². The number of esters is 1. The molecule has 2 aromatic rings. The van der Waals surface area contributed by atoms with Gasteiger partial charge in [-0.1, -0.05) is 42.8 Å². The second kappa shape index (κ2) is 6.08. The summed E-state index contributed by atoms with van der Waals surface area (Å²) in [6.07, 6.45) is 0. The van der Waals surface area contributed by atoms with Crippen molar-refractivity contribution in [1.29, 1.82) is 0 Å². The van der Waals surface area contributed by atoms with Crippen LogP contribution in [0, 0.1) is 13.8 Å². The van der Waals surface area contributed by atoms with Crippen molar-refractivity contribution in [3.05, 3.63) is 46.3 Å². The molecule has 0 unspecified atom stereocenters. The topological polar surface area (TPSA) is 57.0 Å². The summed E-state index contributed by atoms with van der Waals surface area (Å²) in [6, 6.07) is 6.32. The van der Waals surface area contributed by atoms with E-state index in [4.69, 9.17) is 4.74 Å². The van der Waals surface area contributed by atoms with Crippen molar-refractivity contribution in [2.24, 2.45) is 0 Å². The van der Waals surface area contributed by atoms with Gasteiger partial charge in [0.25, 0.3) is 0 Å². The lowest BCUT2D eigenvalue weighted by atomic mass is 10.0. The molecule has 1 heterocycles. The Bertz CT molecular complexity index is 660. The Balaban J connectivity index is 2.43. The predicted molar refractivity (Wildman–Crippen MR) is 80.5 cm³/mol. The number of aromatic nitrogens is 3. The Labute approximate surface area is 124 Å². The van der Waals surface area contributed by atoms with E-state index in [1.807, 2.05) is 13.8 Å². The third kappa shape index (κ3) is 3.12. The van der Waals surface area contributed by atoms with Crippen LogP contribution in [0.25, 0.3) is 0 Å². The summed E-state index contributed by atoms with van der Waals surface area (Å²) < 4.78 is 6.57. The zero-order valence-corrected chi connectivity index (χ0v) is 13.2. The lowest BCUT2D eigenvalue weighted by Crippen LogP contribution is -2.12. The highest BCUT2D eigenvalue weighted by Crippen LogP contribution is 2.20. The number of carbonyl (C=O) groups excluding carboxylic acids is 1. The summed E-state index contributed by atoms with van der Waals surface area (Å²) in [5, 5.41) is 8.13. The van der Waals surface area contributed by atoms with E-state index in [1.54, 1.807) is 4.68 Å². The number of nitrogens with zero attached hydrogens (tertiary/aromatic N) is 3. The van der Waals surface area contributed by atoms with Crippen LogP contribution in [-0.2, 0) is 11.3 Å². The minimum atomic E-state index is -0.439. The van der Waals surface area contributed by atoms with Crippen molar-refractivity contribution in [2.75, 3.05) is 7.11 Å². The molecule has 0 N–H and O–H groups in total. The molecular formula is C16H21N3O2. The number of methoxy groups -OCH3 is 1. The van der Waals surface area contributed by atoms with Gasteiger partial charge < -0.3 is 4.74 Å². The molecule has 0 radical (unpaired) electrons. The van der Waals surface area contributed by atoms with Gasteiger partial charge in [0.2, 0.25) is 0 Å². The quantitative estimate of drug-likeness (QED) is 0.811. The SMILES string of the molecule is COC(=O)c1nnn(Cc2cc(C)ccc2C)c1C(C)C. The molecule has 0 saturated heterocycles. The number of hydrogen-bond acceptors (Lipinski definition) is 4. The fraction of sp³-hybridized carbons (Fsp3) is 0.438. The zero-order valence-electron chi connectivity index (χ0n) is 13.2. The molecule has 0 bridgehead atoms. The Hall–Kier alpha value is -2.17. The highest BCUT2D eigenvalue weighted by molar-refractivity contribution is 5.88. The van der Waals surface area contributed by atoms with Crippen LogP contribution in [0.4, 0.5) is 0 Å². The molecule has 0 spiro atoms. The van der Waals surface area contributed by atoms with Crippen LogP contribution in [-0.4, -0.2) is 28.1 Å². The Morgan fingerprint density at radius 2 is 2.05 bits per heavy atom. The van der Waals surface area contributed by atoms with Crippen LogP contribution in [0.3, 0.4) is 0 Å². The molecule has 0 amide bonds. The minimum Gasteiger partial charge on any atom is -0.464 e. The van der Waals surface area contributed by atoms with Gasteiger partial charge in [0.15, 0.2) is 5.69 Å². The number of carbonyl (C=O) groups is 1. The summed E-state index contributed by atoms with van der Waals surface area (Å²) in [6.45, 7) is 8.77. The standard InChI is InChI=1S/C16H21N3O2/c1-10(2)15-14(16(20)21-5)17-18-19(15)9-13-8-11(3)6-7-12(13)4/h6-8,10H,9H2,1-5H3. The van der Waals surface area contributed by atoms with Gasteiger partial charge in [-0.15, -0.1) is 5.10 Å². The van der Waals surface area contributed by atoms with E-state index >= 15 is 0 Å². The molecule has 0 aliphatic heterocycles. The molecule has 5 nitrogen and oxygen atoms in total. The van der Waals surface area contributed by atoms with Crippen LogP contribution in [0.1, 0.15) is 52.6 Å². The smallest absolute Gasteiger partial charge is 0.360 e. The van der Waals surface area contributed by atoms with Gasteiger partial charge in [0.05, 0.1) is 19.3 Å². The van der Waals surface area contributed by atoms with Gasteiger partial charge in [-0.2, -0.15) is 0 Å². The van der Waals surface area contributed by atoms with Gasteiger partial charge >= 0.3 is 5.97 Å². The van der Waals surface area contributed by atoms with Crippen molar-refractivity contribution in [3.63, 3.8) is 0 Å². The molecule has 1 aromatic carbocycles. The van der Waals surface area contributed by atoms with Crippen molar-refractivity contribution in [1.82, 2.24) is 15.0 Å². The number of ether oxygens (including phenoxy) is 1. The number of benzene rings is 1. The van der Waals surface area contributed by atoms with E-state index in [2.05, 4.69) is 42.4 Å². The molecule has 0 fully saturated rings. The van der Waals surface area contributed by atoms with Crippen LogP contribution in [0.5, 0.6) is 0 Å². The van der Waals surface area contributed by atoms with Crippen molar-refractivity contribution in [3.8, 4) is 0 Å². The predicted octanol–water partition coefficient (Wildman–Crippen LogP) is 2.85. The number of rotatable bonds is 4. The first-order chi connectivity index (χ1) is 9.93. The van der Waals surface area contributed by atoms with Crippen molar-refractivity contribution < 1.29 is 9.53 Å². The van der Waals surface area contributed by atoms with E-state index in [9.17, 15) is 4.79 Å². The van der Waals surface area contributed by atoms with E-state index in [-0.39, 0.29) is 5.92 Å². The molecule has 5 heteroatoms. The largest absolute Gasteiger partial charge is 0.464 e. The van der Waals surface area contributed by atoms with E-state index in [1.165, 1.54) is 23.8 Å². The van der Waals surface area contributed by atoms with E-state index in [0.717, 1.165) is 5.69 Å². The second-order valence-corrected chi connectivity index (χ2v) is 5.56. The fourth-order valence-electron chi connectivity index (χ4n) is 2.38. The fourth-order valence-corrected chi connectivity index (χ4v) is 2.38. The molecule has 1 aromatic heterocycles. The van der Waals surface area contributed by atoms with Gasteiger partial charge in [0.1, 0.15) is 0 Å². The van der Waals surface area contributed by atoms with Gasteiger partial charge in [-0.25, -0.2) is 9.48 Å². The van der Waals surface area contributed by atoms with Crippen LogP contribution in [0.2, 0.25) is 0 Å². The molecule has 0 aliphatic carbocycles. The number of aryl methyl sites for hydroxylation is 2. The summed E-state index contributed by atoms with van der Waals surface area (Å²) in [7, 11) is 1.36.